The summed E-state index contributed by atoms with van der Waals surface area (Å²) >= 11 is 0. The summed E-state index contributed by atoms with van der Waals surface area (Å²) in [5, 5.41) is 3.09. The molecule has 3 N–H and O–H groups in total. The lowest BCUT2D eigenvalue weighted by atomic mass is 10.0. The van der Waals surface area contributed by atoms with Gasteiger partial charge in [-0.3, -0.25) is 4.99 Å². The number of nitrogens with one attached hydrogen (secondary N) is 1. The Morgan fingerprint density at radius 3 is 2.93 bits per heavy atom. The van der Waals surface area contributed by atoms with Crippen LogP contribution in [-0.4, -0.2) is 31.3 Å². The Labute approximate surface area is 92.3 Å². The molecule has 4 nitrogen and oxygen atoms in total. The third-order valence-corrected chi connectivity index (χ3v) is 2.68. The van der Waals surface area contributed by atoms with E-state index in [1.165, 1.54) is 0 Å². The molecule has 1 fully saturated rings. The number of hydrogen-bond acceptors (Lipinski definition) is 2. The lowest BCUT2D eigenvalue weighted by molar-refractivity contribution is 0.0893. The molecule has 1 saturated heterocycles. The van der Waals surface area contributed by atoms with E-state index in [0.717, 1.165) is 26.0 Å². The van der Waals surface area contributed by atoms with E-state index in [9.17, 15) is 0 Å². The molecule has 0 aromatic heterocycles. The molecule has 0 amide bonds. The number of aliphatic imine (C=N–C) groups is 1. The second-order valence-corrected chi connectivity index (χ2v) is 4.39. The zero-order chi connectivity index (χ0) is 11.3. The van der Waals surface area contributed by atoms with Gasteiger partial charge in [-0.2, -0.15) is 0 Å². The van der Waals surface area contributed by atoms with Gasteiger partial charge in [-0.05, 0) is 26.7 Å². The molecule has 0 bridgehead atoms. The number of rotatable bonds is 4. The topological polar surface area (TPSA) is 59.6 Å². The maximum atomic E-state index is 5.74. The van der Waals surface area contributed by atoms with Crippen LogP contribution in [0.25, 0.3) is 0 Å². The molecule has 2 atom stereocenters. The van der Waals surface area contributed by atoms with Crippen LogP contribution in [0.5, 0.6) is 0 Å². The van der Waals surface area contributed by atoms with Gasteiger partial charge in [0.1, 0.15) is 0 Å². The monoisotopic (exact) mass is 213 g/mol. The largest absolute Gasteiger partial charge is 0.378 e. The average Bonchev–Trinajstić information content (AvgIpc) is 2.60. The first-order chi connectivity index (χ1) is 7.13. The second-order valence-electron chi connectivity index (χ2n) is 4.39. The highest BCUT2D eigenvalue weighted by Crippen LogP contribution is 2.23. The summed E-state index contributed by atoms with van der Waals surface area (Å²) in [7, 11) is 0. The van der Waals surface area contributed by atoms with Gasteiger partial charge >= 0.3 is 0 Å². The Morgan fingerprint density at radius 2 is 2.33 bits per heavy atom. The Balaban J connectivity index is 2.34. The number of nitrogens with two attached hydrogens (primary N) is 1. The van der Waals surface area contributed by atoms with Gasteiger partial charge in [-0.15, -0.1) is 0 Å². The molecule has 1 heterocycles. The first-order valence-electron chi connectivity index (χ1n) is 5.81. The molecular formula is C11H23N3O. The van der Waals surface area contributed by atoms with Gasteiger partial charge in [0, 0.05) is 25.1 Å². The SMILES string of the molecule is CCC1OCCC1CN=C(N)NC(C)C. The van der Waals surface area contributed by atoms with Crippen LogP contribution in [0.3, 0.4) is 0 Å². The minimum absolute atomic E-state index is 0.343. The summed E-state index contributed by atoms with van der Waals surface area (Å²) in [5.74, 6) is 1.09. The van der Waals surface area contributed by atoms with Gasteiger partial charge in [-0.25, -0.2) is 0 Å². The Hall–Kier alpha value is -0.770. The highest BCUT2D eigenvalue weighted by Gasteiger charge is 2.26. The van der Waals surface area contributed by atoms with E-state index >= 15 is 0 Å². The van der Waals surface area contributed by atoms with E-state index in [1.54, 1.807) is 0 Å². The van der Waals surface area contributed by atoms with Crippen LogP contribution in [0.4, 0.5) is 0 Å². The van der Waals surface area contributed by atoms with Crippen LogP contribution < -0.4 is 11.1 Å². The van der Waals surface area contributed by atoms with E-state index in [0.29, 0.717) is 24.0 Å². The molecule has 1 aliphatic rings. The molecular weight excluding hydrogens is 190 g/mol. The van der Waals surface area contributed by atoms with Crippen LogP contribution in [-0.2, 0) is 4.74 Å². The number of guanidine groups is 1. The van der Waals surface area contributed by atoms with Crippen LogP contribution in [0.1, 0.15) is 33.6 Å². The Bertz CT molecular complexity index is 216. The lowest BCUT2D eigenvalue weighted by Gasteiger charge is -2.15. The zero-order valence-corrected chi connectivity index (χ0v) is 9.99. The molecule has 4 heteroatoms. The van der Waals surface area contributed by atoms with Crippen LogP contribution in [0, 0.1) is 5.92 Å². The van der Waals surface area contributed by atoms with Crippen molar-refractivity contribution in [3.05, 3.63) is 0 Å². The second kappa shape index (κ2) is 5.95. The van der Waals surface area contributed by atoms with Gasteiger partial charge in [0.15, 0.2) is 5.96 Å². The molecule has 2 unspecified atom stereocenters. The average molecular weight is 213 g/mol. The van der Waals surface area contributed by atoms with Crippen LogP contribution >= 0.6 is 0 Å². The van der Waals surface area contributed by atoms with Gasteiger partial charge in [-0.1, -0.05) is 6.92 Å². The van der Waals surface area contributed by atoms with E-state index in [-0.39, 0.29) is 0 Å². The zero-order valence-electron chi connectivity index (χ0n) is 9.99. The van der Waals surface area contributed by atoms with Crippen LogP contribution in [0.15, 0.2) is 4.99 Å². The van der Waals surface area contributed by atoms with E-state index < -0.39 is 0 Å². The van der Waals surface area contributed by atoms with Gasteiger partial charge in [0.2, 0.25) is 0 Å². The Kier molecular flexibility index (Phi) is 4.88. The maximum Gasteiger partial charge on any atom is 0.188 e. The van der Waals surface area contributed by atoms with E-state index in [1.807, 2.05) is 0 Å². The fraction of sp³-hybridized carbons (Fsp3) is 0.909. The molecule has 0 aliphatic carbocycles. The molecule has 15 heavy (non-hydrogen) atoms. The summed E-state index contributed by atoms with van der Waals surface area (Å²) in [6.45, 7) is 7.91. The van der Waals surface area contributed by atoms with Crippen molar-refractivity contribution in [3.63, 3.8) is 0 Å². The molecule has 1 rings (SSSR count). The van der Waals surface area contributed by atoms with E-state index in [2.05, 4.69) is 31.1 Å². The van der Waals surface area contributed by atoms with Gasteiger partial charge < -0.3 is 15.8 Å². The first kappa shape index (κ1) is 12.3. The molecule has 88 valence electrons. The van der Waals surface area contributed by atoms with Crippen molar-refractivity contribution < 1.29 is 4.74 Å². The highest BCUT2D eigenvalue weighted by atomic mass is 16.5. The standard InChI is InChI=1S/C11H23N3O/c1-4-10-9(5-6-15-10)7-13-11(12)14-8(2)3/h8-10H,4-7H2,1-3H3,(H3,12,13,14). The van der Waals surface area contributed by atoms with Crippen molar-refractivity contribution in [1.29, 1.82) is 0 Å². The third kappa shape index (κ3) is 4.08. The fourth-order valence-corrected chi connectivity index (χ4v) is 1.91. The highest BCUT2D eigenvalue weighted by molar-refractivity contribution is 5.78. The van der Waals surface area contributed by atoms with Crippen molar-refractivity contribution in [2.75, 3.05) is 13.2 Å². The number of nitrogens with zero attached hydrogens (tertiary/aromatic N) is 1. The molecule has 0 radical (unpaired) electrons. The van der Waals surface area contributed by atoms with Crippen molar-refractivity contribution in [3.8, 4) is 0 Å². The van der Waals surface area contributed by atoms with Gasteiger partial charge in [0.25, 0.3) is 0 Å². The smallest absolute Gasteiger partial charge is 0.188 e. The van der Waals surface area contributed by atoms with Gasteiger partial charge in [0.05, 0.1) is 6.10 Å². The summed E-state index contributed by atoms with van der Waals surface area (Å²) in [4.78, 5) is 4.35. The lowest BCUT2D eigenvalue weighted by Crippen LogP contribution is -2.37. The molecule has 0 aromatic carbocycles. The van der Waals surface area contributed by atoms with Crippen LogP contribution in [0.2, 0.25) is 0 Å². The minimum Gasteiger partial charge on any atom is -0.378 e. The summed E-state index contributed by atoms with van der Waals surface area (Å²) < 4.78 is 5.60. The third-order valence-electron chi connectivity index (χ3n) is 2.68. The maximum absolute atomic E-state index is 5.74. The fourth-order valence-electron chi connectivity index (χ4n) is 1.91. The number of hydrogen-bond donors (Lipinski definition) is 2. The van der Waals surface area contributed by atoms with Crippen molar-refractivity contribution in [2.45, 2.75) is 45.8 Å². The predicted octanol–water partition coefficient (Wildman–Crippen LogP) is 1.11. The molecule has 0 saturated carbocycles. The molecule has 0 aromatic rings. The molecule has 0 spiro atoms. The first-order valence-corrected chi connectivity index (χ1v) is 5.81. The predicted molar refractivity (Wildman–Crippen MR) is 62.9 cm³/mol. The normalized spacial score (nSPS) is 27.3. The number of ether oxygens (including phenoxy) is 1. The van der Waals surface area contributed by atoms with E-state index in [4.69, 9.17) is 10.5 Å². The summed E-state index contributed by atoms with van der Waals surface area (Å²) in [6.07, 6.45) is 2.55. The van der Waals surface area contributed by atoms with Crippen molar-refractivity contribution in [2.24, 2.45) is 16.6 Å². The summed E-state index contributed by atoms with van der Waals surface area (Å²) in [6, 6.07) is 0.343. The minimum atomic E-state index is 0.343. The quantitative estimate of drug-likeness (QED) is 0.543. The van der Waals surface area contributed by atoms with Crippen molar-refractivity contribution >= 4 is 5.96 Å². The van der Waals surface area contributed by atoms with Crippen molar-refractivity contribution in [1.82, 2.24) is 5.32 Å². The Morgan fingerprint density at radius 1 is 1.60 bits per heavy atom. The molecule has 1 aliphatic heterocycles. The summed E-state index contributed by atoms with van der Waals surface area (Å²) in [5.41, 5.74) is 5.74.